The first kappa shape index (κ1) is 18.3. The minimum absolute atomic E-state index is 0.780. The number of carbonyl (C=O) groups excluding carboxylic acids is 3. The van der Waals surface area contributed by atoms with E-state index in [1.165, 1.54) is 0 Å². The van der Waals surface area contributed by atoms with Crippen LogP contribution in [-0.4, -0.2) is 67.3 Å². The molecule has 0 radical (unpaired) electrons. The fourth-order valence-corrected chi connectivity index (χ4v) is 2.99. The third-order valence-electron chi connectivity index (χ3n) is 3.68. The summed E-state index contributed by atoms with van der Waals surface area (Å²) in [4.78, 5) is 34.8. The molecule has 0 aromatic heterocycles. The molecule has 0 aliphatic carbocycles. The number of Topliss-reactive ketones (excluding diaryl/α,β-unsaturated/α-hetero) is 3. The van der Waals surface area contributed by atoms with Gasteiger partial charge in [-0.05, 0) is 20.8 Å². The highest BCUT2D eigenvalue weighted by Gasteiger charge is 2.71. The third kappa shape index (κ3) is 2.46. The van der Waals surface area contributed by atoms with Gasteiger partial charge < -0.3 is 20.1 Å². The Morgan fingerprint density at radius 2 is 1.57 bits per heavy atom. The smallest absolute Gasteiger partial charge is 0.196 e. The zero-order valence-corrected chi connectivity index (χ0v) is 13.1. The standard InChI is InChI=1S/C12H16BrFO7/c1-4(15)7(18)9-12(20,6(3)17)11(19,5(2)16)8(14)10(13)21-9/h7-10,18-20H,1-3H3/t7?,8-,9-,10+,11-,12-/m1/s1. The van der Waals surface area contributed by atoms with Gasteiger partial charge in [0.05, 0.1) is 0 Å². The Bertz CT molecular complexity index is 484. The summed E-state index contributed by atoms with van der Waals surface area (Å²) in [7, 11) is 0. The van der Waals surface area contributed by atoms with Gasteiger partial charge in [0.1, 0.15) is 17.2 Å². The zero-order chi connectivity index (χ0) is 16.7. The quantitative estimate of drug-likeness (QED) is 0.544. The van der Waals surface area contributed by atoms with E-state index in [1.807, 2.05) is 0 Å². The highest BCUT2D eigenvalue weighted by molar-refractivity contribution is 9.09. The van der Waals surface area contributed by atoms with Crippen molar-refractivity contribution in [3.63, 3.8) is 0 Å². The molecule has 21 heavy (non-hydrogen) atoms. The highest BCUT2D eigenvalue weighted by atomic mass is 79.9. The Kier molecular flexibility index (Phi) is 5.06. The Morgan fingerprint density at radius 1 is 1.14 bits per heavy atom. The number of carbonyl (C=O) groups is 3. The lowest BCUT2D eigenvalue weighted by Gasteiger charge is -2.51. The molecule has 0 spiro atoms. The molecule has 1 aliphatic heterocycles. The maximum Gasteiger partial charge on any atom is 0.196 e. The van der Waals surface area contributed by atoms with Crippen molar-refractivity contribution in [1.82, 2.24) is 0 Å². The molecular formula is C12H16BrFO7. The van der Waals surface area contributed by atoms with Gasteiger partial charge in [-0.3, -0.25) is 14.4 Å². The Hall–Kier alpha value is -0.740. The third-order valence-corrected chi connectivity index (χ3v) is 4.36. The Morgan fingerprint density at radius 3 is 1.90 bits per heavy atom. The summed E-state index contributed by atoms with van der Waals surface area (Å²) in [6, 6.07) is 0. The van der Waals surface area contributed by atoms with Crippen molar-refractivity contribution in [2.75, 3.05) is 0 Å². The van der Waals surface area contributed by atoms with Gasteiger partial charge >= 0.3 is 0 Å². The lowest BCUT2D eigenvalue weighted by atomic mass is 9.68. The van der Waals surface area contributed by atoms with Crippen LogP contribution in [-0.2, 0) is 19.1 Å². The van der Waals surface area contributed by atoms with Crippen LogP contribution in [0.15, 0.2) is 0 Å². The van der Waals surface area contributed by atoms with Crippen LogP contribution >= 0.6 is 15.9 Å². The van der Waals surface area contributed by atoms with Crippen LogP contribution in [0.3, 0.4) is 0 Å². The molecule has 0 saturated carbocycles. The van der Waals surface area contributed by atoms with E-state index < -0.39 is 51.9 Å². The highest BCUT2D eigenvalue weighted by Crippen LogP contribution is 2.44. The maximum atomic E-state index is 14.2. The first-order chi connectivity index (χ1) is 9.42. The SMILES string of the molecule is CC(=O)C(O)[C@H]1O[C@H](Br)[C@@H](F)[C@](O)(C(C)=O)[C@@]1(O)C(C)=O. The number of aliphatic hydroxyl groups excluding tert-OH is 1. The molecule has 6 atom stereocenters. The van der Waals surface area contributed by atoms with Crippen molar-refractivity contribution in [3.8, 4) is 0 Å². The molecule has 1 unspecified atom stereocenters. The Labute approximate surface area is 128 Å². The van der Waals surface area contributed by atoms with E-state index >= 15 is 0 Å². The first-order valence-electron chi connectivity index (χ1n) is 6.01. The second-order valence-corrected chi connectivity index (χ2v) is 5.91. The number of alkyl halides is 2. The van der Waals surface area contributed by atoms with E-state index in [-0.39, 0.29) is 0 Å². The number of ether oxygens (including phenoxy) is 1. The lowest BCUT2D eigenvalue weighted by Crippen LogP contribution is -2.79. The summed E-state index contributed by atoms with van der Waals surface area (Å²) in [5.74, 6) is -3.34. The van der Waals surface area contributed by atoms with Gasteiger partial charge in [0.15, 0.2) is 34.7 Å². The van der Waals surface area contributed by atoms with Crippen molar-refractivity contribution >= 4 is 33.3 Å². The number of rotatable bonds is 4. The van der Waals surface area contributed by atoms with Crippen molar-refractivity contribution < 1.29 is 38.8 Å². The number of hydrogen-bond acceptors (Lipinski definition) is 7. The second kappa shape index (κ2) is 5.81. The average Bonchev–Trinajstić information content (AvgIpc) is 2.38. The fourth-order valence-electron chi connectivity index (χ4n) is 2.37. The molecule has 7 nitrogen and oxygen atoms in total. The minimum Gasteiger partial charge on any atom is -0.382 e. The van der Waals surface area contributed by atoms with Crippen LogP contribution in [0, 0.1) is 0 Å². The summed E-state index contributed by atoms with van der Waals surface area (Å²) < 4.78 is 19.2. The first-order valence-corrected chi connectivity index (χ1v) is 6.92. The maximum absolute atomic E-state index is 14.2. The van der Waals surface area contributed by atoms with Crippen molar-refractivity contribution in [2.45, 2.75) is 55.4 Å². The van der Waals surface area contributed by atoms with Gasteiger partial charge in [-0.25, -0.2) is 4.39 Å². The topological polar surface area (TPSA) is 121 Å². The molecule has 0 aromatic rings. The predicted octanol–water partition coefficient (Wildman–Crippen LogP) is -0.966. The van der Waals surface area contributed by atoms with E-state index in [9.17, 15) is 34.1 Å². The summed E-state index contributed by atoms with van der Waals surface area (Å²) in [5.41, 5.74) is -6.26. The predicted molar refractivity (Wildman–Crippen MR) is 70.4 cm³/mol. The molecule has 120 valence electrons. The summed E-state index contributed by atoms with van der Waals surface area (Å²) in [6.07, 6.45) is -6.52. The Balaban J connectivity index is 3.57. The van der Waals surface area contributed by atoms with Crippen LogP contribution in [0.5, 0.6) is 0 Å². The van der Waals surface area contributed by atoms with Gasteiger partial charge in [0.2, 0.25) is 0 Å². The van der Waals surface area contributed by atoms with Gasteiger partial charge in [0.25, 0.3) is 0 Å². The van der Waals surface area contributed by atoms with Gasteiger partial charge in [0, 0.05) is 0 Å². The van der Waals surface area contributed by atoms with Crippen molar-refractivity contribution in [3.05, 3.63) is 0 Å². The van der Waals surface area contributed by atoms with Crippen LogP contribution < -0.4 is 0 Å². The number of ketones is 3. The monoisotopic (exact) mass is 370 g/mol. The molecule has 9 heteroatoms. The molecule has 1 rings (SSSR count). The molecule has 1 fully saturated rings. The average molecular weight is 371 g/mol. The molecule has 3 N–H and O–H groups in total. The van der Waals surface area contributed by atoms with Crippen LogP contribution in [0.1, 0.15) is 20.8 Å². The largest absolute Gasteiger partial charge is 0.382 e. The fraction of sp³-hybridized carbons (Fsp3) is 0.750. The van der Waals surface area contributed by atoms with Gasteiger partial charge in [-0.2, -0.15) is 0 Å². The van der Waals surface area contributed by atoms with Crippen LogP contribution in [0.2, 0.25) is 0 Å². The molecule has 0 aromatic carbocycles. The summed E-state index contributed by atoms with van der Waals surface area (Å²) in [5, 5.41) is 29.0. The molecule has 1 saturated heterocycles. The molecule has 0 bridgehead atoms. The summed E-state index contributed by atoms with van der Waals surface area (Å²) in [6.45, 7) is 2.52. The van der Waals surface area contributed by atoms with E-state index in [0.29, 0.717) is 0 Å². The van der Waals surface area contributed by atoms with Gasteiger partial charge in [-0.1, -0.05) is 15.9 Å². The zero-order valence-electron chi connectivity index (χ0n) is 11.5. The van der Waals surface area contributed by atoms with Crippen molar-refractivity contribution in [2.24, 2.45) is 0 Å². The van der Waals surface area contributed by atoms with Crippen LogP contribution in [0.4, 0.5) is 4.39 Å². The van der Waals surface area contributed by atoms with Crippen LogP contribution in [0.25, 0.3) is 0 Å². The second-order valence-electron chi connectivity index (χ2n) is 5.01. The minimum atomic E-state index is -3.16. The van der Waals surface area contributed by atoms with Crippen molar-refractivity contribution in [1.29, 1.82) is 0 Å². The molecular weight excluding hydrogens is 355 g/mol. The molecule has 1 aliphatic rings. The number of hydrogen-bond donors (Lipinski definition) is 3. The van der Waals surface area contributed by atoms with Gasteiger partial charge in [-0.15, -0.1) is 0 Å². The molecule has 1 heterocycles. The number of halogens is 2. The van der Waals surface area contributed by atoms with E-state index in [0.717, 1.165) is 20.8 Å². The lowest BCUT2D eigenvalue weighted by molar-refractivity contribution is -0.276. The van der Waals surface area contributed by atoms with E-state index in [2.05, 4.69) is 15.9 Å². The summed E-state index contributed by atoms with van der Waals surface area (Å²) >= 11 is 2.70. The number of aliphatic hydroxyl groups is 3. The van der Waals surface area contributed by atoms with E-state index in [4.69, 9.17) is 4.74 Å². The molecule has 0 amide bonds. The normalized spacial score (nSPS) is 41.4. The van der Waals surface area contributed by atoms with E-state index in [1.54, 1.807) is 0 Å².